The summed E-state index contributed by atoms with van der Waals surface area (Å²) >= 11 is 1.99. The lowest BCUT2D eigenvalue weighted by Crippen LogP contribution is -2.32. The standard InChI is InChI=1S/C12H16N4S/c1-2-16-11-9(4-3-5-14-11)15-12(16)10-8-17-7-6-13-10/h3-5,10,13H,2,6-8H2,1H3. The van der Waals surface area contributed by atoms with Gasteiger partial charge in [-0.05, 0) is 19.1 Å². The highest BCUT2D eigenvalue weighted by molar-refractivity contribution is 7.99. The van der Waals surface area contributed by atoms with Crippen molar-refractivity contribution in [2.45, 2.75) is 19.5 Å². The molecule has 1 unspecified atom stereocenters. The molecule has 2 aromatic heterocycles. The summed E-state index contributed by atoms with van der Waals surface area (Å²) in [4.78, 5) is 9.17. The van der Waals surface area contributed by atoms with Crippen LogP contribution in [0.25, 0.3) is 11.2 Å². The van der Waals surface area contributed by atoms with Gasteiger partial charge >= 0.3 is 0 Å². The Kier molecular flexibility index (Phi) is 3.03. The van der Waals surface area contributed by atoms with Crippen molar-refractivity contribution in [1.29, 1.82) is 0 Å². The molecule has 2 aromatic rings. The quantitative estimate of drug-likeness (QED) is 0.880. The first kappa shape index (κ1) is 11.0. The number of pyridine rings is 1. The smallest absolute Gasteiger partial charge is 0.160 e. The summed E-state index contributed by atoms with van der Waals surface area (Å²) in [5.41, 5.74) is 2.00. The van der Waals surface area contributed by atoms with E-state index in [1.165, 1.54) is 5.75 Å². The Morgan fingerprint density at radius 2 is 2.53 bits per heavy atom. The van der Waals surface area contributed by atoms with E-state index in [9.17, 15) is 0 Å². The Hall–Kier alpha value is -1.07. The topological polar surface area (TPSA) is 42.7 Å². The van der Waals surface area contributed by atoms with E-state index in [0.29, 0.717) is 6.04 Å². The number of nitrogens with zero attached hydrogens (tertiary/aromatic N) is 3. The van der Waals surface area contributed by atoms with Crippen LogP contribution in [-0.2, 0) is 6.54 Å². The zero-order valence-electron chi connectivity index (χ0n) is 9.89. The highest BCUT2D eigenvalue weighted by Crippen LogP contribution is 2.24. The molecule has 1 saturated heterocycles. The normalized spacial score (nSPS) is 20.9. The van der Waals surface area contributed by atoms with Crippen LogP contribution in [0.4, 0.5) is 0 Å². The van der Waals surface area contributed by atoms with Gasteiger partial charge in [0.2, 0.25) is 0 Å². The van der Waals surface area contributed by atoms with Crippen molar-refractivity contribution in [2.75, 3.05) is 18.1 Å². The van der Waals surface area contributed by atoms with Gasteiger partial charge in [0.25, 0.3) is 0 Å². The Bertz CT molecular complexity index is 516. The summed E-state index contributed by atoms with van der Waals surface area (Å²) in [5, 5.41) is 3.54. The molecule has 1 fully saturated rings. The molecule has 5 heteroatoms. The summed E-state index contributed by atoms with van der Waals surface area (Å²) in [7, 11) is 0. The van der Waals surface area contributed by atoms with E-state index in [0.717, 1.165) is 35.8 Å². The summed E-state index contributed by atoms with van der Waals surface area (Å²) in [6, 6.07) is 4.35. The van der Waals surface area contributed by atoms with Crippen LogP contribution in [0.1, 0.15) is 18.8 Å². The van der Waals surface area contributed by atoms with Gasteiger partial charge in [-0.15, -0.1) is 0 Å². The molecule has 0 aliphatic carbocycles. The summed E-state index contributed by atoms with van der Waals surface area (Å²) in [6.07, 6.45) is 1.84. The Balaban J connectivity index is 2.08. The van der Waals surface area contributed by atoms with Crippen molar-refractivity contribution in [3.05, 3.63) is 24.2 Å². The third-order valence-electron chi connectivity index (χ3n) is 3.08. The minimum absolute atomic E-state index is 0.364. The number of hydrogen-bond acceptors (Lipinski definition) is 4. The van der Waals surface area contributed by atoms with E-state index < -0.39 is 0 Å². The molecule has 90 valence electrons. The fourth-order valence-electron chi connectivity index (χ4n) is 2.29. The zero-order valence-corrected chi connectivity index (χ0v) is 10.7. The molecule has 0 saturated carbocycles. The fraction of sp³-hybridized carbons (Fsp3) is 0.500. The molecule has 0 spiro atoms. The maximum absolute atomic E-state index is 4.73. The van der Waals surface area contributed by atoms with E-state index in [-0.39, 0.29) is 0 Å². The predicted molar refractivity (Wildman–Crippen MR) is 71.3 cm³/mol. The molecule has 1 aliphatic rings. The van der Waals surface area contributed by atoms with Gasteiger partial charge in [-0.3, -0.25) is 0 Å². The molecular weight excluding hydrogens is 232 g/mol. The van der Waals surface area contributed by atoms with E-state index in [1.807, 2.05) is 30.1 Å². The van der Waals surface area contributed by atoms with Gasteiger partial charge in [-0.2, -0.15) is 11.8 Å². The first-order valence-corrected chi connectivity index (χ1v) is 7.18. The van der Waals surface area contributed by atoms with Crippen LogP contribution in [0.2, 0.25) is 0 Å². The maximum atomic E-state index is 4.73. The number of nitrogens with one attached hydrogen (secondary N) is 1. The molecule has 4 nitrogen and oxygen atoms in total. The van der Waals surface area contributed by atoms with E-state index >= 15 is 0 Å². The average molecular weight is 248 g/mol. The number of aryl methyl sites for hydroxylation is 1. The average Bonchev–Trinajstić information content (AvgIpc) is 2.78. The molecule has 1 aliphatic heterocycles. The first-order valence-electron chi connectivity index (χ1n) is 6.02. The first-order chi connectivity index (χ1) is 8.40. The molecule has 3 heterocycles. The summed E-state index contributed by atoms with van der Waals surface area (Å²) < 4.78 is 2.22. The largest absolute Gasteiger partial charge is 0.312 e. The van der Waals surface area contributed by atoms with Gasteiger partial charge in [0.1, 0.15) is 11.3 Å². The second-order valence-electron chi connectivity index (χ2n) is 4.14. The van der Waals surface area contributed by atoms with E-state index in [2.05, 4.69) is 21.8 Å². The Morgan fingerprint density at radius 1 is 1.59 bits per heavy atom. The summed E-state index contributed by atoms with van der Waals surface area (Å²) in [5.74, 6) is 3.43. The van der Waals surface area contributed by atoms with Crippen LogP contribution in [-0.4, -0.2) is 32.6 Å². The molecule has 17 heavy (non-hydrogen) atoms. The van der Waals surface area contributed by atoms with Gasteiger partial charge in [-0.25, -0.2) is 9.97 Å². The van der Waals surface area contributed by atoms with E-state index in [4.69, 9.17) is 4.98 Å². The maximum Gasteiger partial charge on any atom is 0.160 e. The highest BCUT2D eigenvalue weighted by Gasteiger charge is 2.21. The predicted octanol–water partition coefficient (Wildman–Crippen LogP) is 1.83. The van der Waals surface area contributed by atoms with Crippen LogP contribution in [0.15, 0.2) is 18.3 Å². The molecule has 0 amide bonds. The number of aromatic nitrogens is 3. The lowest BCUT2D eigenvalue weighted by molar-refractivity contribution is 0.535. The van der Waals surface area contributed by atoms with Gasteiger partial charge in [0.15, 0.2) is 5.65 Å². The van der Waals surface area contributed by atoms with Crippen LogP contribution in [0.3, 0.4) is 0 Å². The van der Waals surface area contributed by atoms with Crippen LogP contribution >= 0.6 is 11.8 Å². The highest BCUT2D eigenvalue weighted by atomic mass is 32.2. The van der Waals surface area contributed by atoms with Crippen molar-refractivity contribution in [2.24, 2.45) is 0 Å². The van der Waals surface area contributed by atoms with Crippen molar-refractivity contribution in [1.82, 2.24) is 19.9 Å². The van der Waals surface area contributed by atoms with Crippen LogP contribution in [0.5, 0.6) is 0 Å². The van der Waals surface area contributed by atoms with Crippen molar-refractivity contribution in [3.8, 4) is 0 Å². The monoisotopic (exact) mass is 248 g/mol. The lowest BCUT2D eigenvalue weighted by Gasteiger charge is -2.23. The molecule has 0 radical (unpaired) electrons. The van der Waals surface area contributed by atoms with Crippen molar-refractivity contribution >= 4 is 22.9 Å². The number of hydrogen-bond donors (Lipinski definition) is 1. The second-order valence-corrected chi connectivity index (χ2v) is 5.29. The van der Waals surface area contributed by atoms with Crippen molar-refractivity contribution in [3.63, 3.8) is 0 Å². The Labute approximate surface area is 105 Å². The number of fused-ring (bicyclic) bond motifs is 1. The zero-order chi connectivity index (χ0) is 11.7. The fourth-order valence-corrected chi connectivity index (χ4v) is 3.22. The summed E-state index contributed by atoms with van der Waals surface area (Å²) in [6.45, 7) is 4.14. The SMILES string of the molecule is CCn1c(C2CSCCN2)nc2cccnc21. The number of thioether (sulfide) groups is 1. The van der Waals surface area contributed by atoms with Gasteiger partial charge in [0.05, 0.1) is 6.04 Å². The third-order valence-corrected chi connectivity index (χ3v) is 4.14. The Morgan fingerprint density at radius 3 is 3.29 bits per heavy atom. The van der Waals surface area contributed by atoms with Crippen LogP contribution < -0.4 is 5.32 Å². The van der Waals surface area contributed by atoms with Gasteiger partial charge < -0.3 is 9.88 Å². The van der Waals surface area contributed by atoms with E-state index in [1.54, 1.807) is 0 Å². The van der Waals surface area contributed by atoms with Crippen molar-refractivity contribution < 1.29 is 0 Å². The molecule has 1 atom stereocenters. The molecular formula is C12H16N4S. The lowest BCUT2D eigenvalue weighted by atomic mass is 10.3. The number of imidazole rings is 1. The van der Waals surface area contributed by atoms with Crippen LogP contribution in [0, 0.1) is 0 Å². The number of rotatable bonds is 2. The van der Waals surface area contributed by atoms with Gasteiger partial charge in [-0.1, -0.05) is 0 Å². The molecule has 1 N–H and O–H groups in total. The minimum atomic E-state index is 0.364. The van der Waals surface area contributed by atoms with Gasteiger partial charge in [0, 0.05) is 30.8 Å². The minimum Gasteiger partial charge on any atom is -0.312 e. The second kappa shape index (κ2) is 4.66. The third kappa shape index (κ3) is 1.93. The molecule has 3 rings (SSSR count). The molecule has 0 bridgehead atoms. The molecule has 0 aromatic carbocycles.